The van der Waals surface area contributed by atoms with E-state index in [0.29, 0.717) is 5.56 Å². The molecule has 17 heavy (non-hydrogen) atoms. The van der Waals surface area contributed by atoms with Crippen LogP contribution in [-0.2, 0) is 22.7 Å². The molecule has 0 atom stereocenters. The summed E-state index contributed by atoms with van der Waals surface area (Å²) in [4.78, 5) is 24.0. The molecule has 0 radical (unpaired) electrons. The zero-order valence-electron chi connectivity index (χ0n) is 9.28. The maximum atomic E-state index is 13.2. The molecule has 2 rings (SSSR count). The van der Waals surface area contributed by atoms with Gasteiger partial charge in [0.15, 0.2) is 0 Å². The minimum Gasteiger partial charge on any atom is -0.326 e. The lowest BCUT2D eigenvalue weighted by Gasteiger charge is -2.14. The molecule has 5 heteroatoms. The molecule has 2 N–H and O–H groups in total. The van der Waals surface area contributed by atoms with E-state index in [1.54, 1.807) is 12.1 Å². The Hall–Kier alpha value is -1.75. The van der Waals surface area contributed by atoms with E-state index < -0.39 is 0 Å². The quantitative estimate of drug-likeness (QED) is 0.794. The van der Waals surface area contributed by atoms with E-state index in [9.17, 15) is 14.0 Å². The Balaban J connectivity index is 2.18. The molecular formula is C12H13FN2O2. The Morgan fingerprint density at radius 1 is 1.24 bits per heavy atom. The van der Waals surface area contributed by atoms with Crippen molar-refractivity contribution in [3.63, 3.8) is 0 Å². The van der Waals surface area contributed by atoms with Gasteiger partial charge in [-0.25, -0.2) is 4.39 Å². The van der Waals surface area contributed by atoms with Crippen LogP contribution < -0.4 is 5.73 Å². The lowest BCUT2D eigenvalue weighted by atomic mass is 10.1. The SMILES string of the molecule is NCc1cc(CN2C(=O)CCC2=O)ccc1F. The molecule has 1 aromatic rings. The molecule has 90 valence electrons. The summed E-state index contributed by atoms with van der Waals surface area (Å²) in [5.74, 6) is -0.711. The number of halogens is 1. The fraction of sp³-hybridized carbons (Fsp3) is 0.333. The van der Waals surface area contributed by atoms with Crippen molar-refractivity contribution in [2.45, 2.75) is 25.9 Å². The second kappa shape index (κ2) is 4.63. The topological polar surface area (TPSA) is 63.4 Å². The second-order valence-electron chi connectivity index (χ2n) is 4.00. The molecule has 0 spiro atoms. The third-order valence-corrected chi connectivity index (χ3v) is 2.83. The molecule has 2 amide bonds. The third kappa shape index (κ3) is 2.34. The molecule has 0 bridgehead atoms. The van der Waals surface area contributed by atoms with Gasteiger partial charge < -0.3 is 5.73 Å². The Morgan fingerprint density at radius 2 is 1.88 bits per heavy atom. The van der Waals surface area contributed by atoms with Crippen molar-refractivity contribution in [1.29, 1.82) is 0 Å². The number of nitrogens with zero attached hydrogens (tertiary/aromatic N) is 1. The van der Waals surface area contributed by atoms with Gasteiger partial charge in [-0.3, -0.25) is 14.5 Å². The summed E-state index contributed by atoms with van der Waals surface area (Å²) >= 11 is 0. The van der Waals surface area contributed by atoms with Crippen molar-refractivity contribution in [1.82, 2.24) is 4.90 Å². The molecular weight excluding hydrogens is 223 g/mol. The molecule has 4 nitrogen and oxygen atoms in total. The van der Waals surface area contributed by atoms with E-state index in [1.165, 1.54) is 11.0 Å². The van der Waals surface area contributed by atoms with Crippen LogP contribution in [0, 0.1) is 5.82 Å². The number of carbonyl (C=O) groups excluding carboxylic acids is 2. The predicted octanol–water partition coefficient (Wildman–Crippen LogP) is 0.933. The third-order valence-electron chi connectivity index (χ3n) is 2.83. The summed E-state index contributed by atoms with van der Waals surface area (Å²) in [5.41, 5.74) is 6.50. The number of hydrogen-bond donors (Lipinski definition) is 1. The molecule has 1 aliphatic heterocycles. The molecule has 1 aromatic carbocycles. The highest BCUT2D eigenvalue weighted by Crippen LogP contribution is 2.17. The standard InChI is InChI=1S/C12H13FN2O2/c13-10-2-1-8(5-9(10)6-14)7-15-11(16)3-4-12(15)17/h1-2,5H,3-4,6-7,14H2. The number of hydrogen-bond acceptors (Lipinski definition) is 3. The molecule has 1 aliphatic rings. The van der Waals surface area contributed by atoms with Crippen LogP contribution in [0.2, 0.25) is 0 Å². The number of rotatable bonds is 3. The van der Waals surface area contributed by atoms with Gasteiger partial charge in [-0.05, 0) is 17.7 Å². The second-order valence-corrected chi connectivity index (χ2v) is 4.00. The van der Waals surface area contributed by atoms with Gasteiger partial charge in [-0.1, -0.05) is 6.07 Å². The fourth-order valence-corrected chi connectivity index (χ4v) is 1.86. The van der Waals surface area contributed by atoms with Crippen molar-refractivity contribution in [3.8, 4) is 0 Å². The largest absolute Gasteiger partial charge is 0.326 e. The van der Waals surface area contributed by atoms with Crippen LogP contribution in [0.3, 0.4) is 0 Å². The Kier molecular flexibility index (Phi) is 3.19. The molecule has 0 saturated carbocycles. The van der Waals surface area contributed by atoms with E-state index in [0.717, 1.165) is 5.56 Å². The normalized spacial score (nSPS) is 15.8. The zero-order chi connectivity index (χ0) is 12.4. The maximum Gasteiger partial charge on any atom is 0.229 e. The number of benzene rings is 1. The number of nitrogens with two attached hydrogens (primary N) is 1. The summed E-state index contributed by atoms with van der Waals surface area (Å²) in [7, 11) is 0. The van der Waals surface area contributed by atoms with E-state index in [-0.39, 0.29) is 43.6 Å². The van der Waals surface area contributed by atoms with Crippen LogP contribution in [0.5, 0.6) is 0 Å². The van der Waals surface area contributed by atoms with Crippen molar-refractivity contribution in [2.75, 3.05) is 0 Å². The predicted molar refractivity (Wildman–Crippen MR) is 59.1 cm³/mol. The first kappa shape index (κ1) is 11.7. The number of likely N-dealkylation sites (tertiary alicyclic amines) is 1. The highest BCUT2D eigenvalue weighted by atomic mass is 19.1. The summed E-state index contributed by atoms with van der Waals surface area (Å²) in [6.07, 6.45) is 0.535. The lowest BCUT2D eigenvalue weighted by molar-refractivity contribution is -0.139. The van der Waals surface area contributed by atoms with Crippen LogP contribution >= 0.6 is 0 Å². The molecule has 0 aliphatic carbocycles. The fourth-order valence-electron chi connectivity index (χ4n) is 1.86. The van der Waals surface area contributed by atoms with Gasteiger partial charge in [0, 0.05) is 24.9 Å². The van der Waals surface area contributed by atoms with Crippen LogP contribution in [0.4, 0.5) is 4.39 Å². The minimum absolute atomic E-state index is 0.0988. The van der Waals surface area contributed by atoms with Gasteiger partial charge in [0.1, 0.15) is 5.82 Å². The summed E-state index contributed by atoms with van der Waals surface area (Å²) in [6, 6.07) is 4.46. The highest BCUT2D eigenvalue weighted by molar-refractivity contribution is 6.01. The van der Waals surface area contributed by atoms with Crippen molar-refractivity contribution in [2.24, 2.45) is 5.73 Å². The lowest BCUT2D eigenvalue weighted by Crippen LogP contribution is -2.28. The summed E-state index contributed by atoms with van der Waals surface area (Å²) in [5, 5.41) is 0. The van der Waals surface area contributed by atoms with Crippen LogP contribution in [0.25, 0.3) is 0 Å². The highest BCUT2D eigenvalue weighted by Gasteiger charge is 2.28. The summed E-state index contributed by atoms with van der Waals surface area (Å²) in [6.45, 7) is 0.298. The molecule has 1 heterocycles. The van der Waals surface area contributed by atoms with E-state index in [4.69, 9.17) is 5.73 Å². The van der Waals surface area contributed by atoms with Crippen LogP contribution in [0.1, 0.15) is 24.0 Å². The van der Waals surface area contributed by atoms with E-state index in [1.807, 2.05) is 0 Å². The van der Waals surface area contributed by atoms with Gasteiger partial charge in [0.25, 0.3) is 0 Å². The van der Waals surface area contributed by atoms with Crippen LogP contribution in [0.15, 0.2) is 18.2 Å². The first-order valence-electron chi connectivity index (χ1n) is 5.42. The first-order chi connectivity index (χ1) is 8.11. The van der Waals surface area contributed by atoms with Gasteiger partial charge in [-0.15, -0.1) is 0 Å². The van der Waals surface area contributed by atoms with Gasteiger partial charge in [0.05, 0.1) is 6.54 Å². The summed E-state index contributed by atoms with van der Waals surface area (Å²) < 4.78 is 13.2. The van der Waals surface area contributed by atoms with Crippen molar-refractivity contribution < 1.29 is 14.0 Å². The molecule has 1 saturated heterocycles. The monoisotopic (exact) mass is 236 g/mol. The van der Waals surface area contributed by atoms with Crippen LogP contribution in [-0.4, -0.2) is 16.7 Å². The smallest absolute Gasteiger partial charge is 0.229 e. The molecule has 0 unspecified atom stereocenters. The van der Waals surface area contributed by atoms with E-state index in [2.05, 4.69) is 0 Å². The molecule has 1 fully saturated rings. The Labute approximate surface area is 98.2 Å². The zero-order valence-corrected chi connectivity index (χ0v) is 9.28. The average Bonchev–Trinajstić information content (AvgIpc) is 2.63. The van der Waals surface area contributed by atoms with Gasteiger partial charge >= 0.3 is 0 Å². The van der Waals surface area contributed by atoms with Gasteiger partial charge in [0.2, 0.25) is 11.8 Å². The Bertz CT molecular complexity index is 458. The molecule has 0 aromatic heterocycles. The maximum absolute atomic E-state index is 13.2. The number of amides is 2. The first-order valence-corrected chi connectivity index (χ1v) is 5.42. The van der Waals surface area contributed by atoms with E-state index >= 15 is 0 Å². The van der Waals surface area contributed by atoms with Gasteiger partial charge in [-0.2, -0.15) is 0 Å². The van der Waals surface area contributed by atoms with Crippen molar-refractivity contribution >= 4 is 11.8 Å². The minimum atomic E-state index is -0.365. The Morgan fingerprint density at radius 3 is 2.47 bits per heavy atom. The number of carbonyl (C=O) groups is 2. The average molecular weight is 236 g/mol. The van der Waals surface area contributed by atoms with Crippen molar-refractivity contribution in [3.05, 3.63) is 35.1 Å². The number of imide groups is 1.